The van der Waals surface area contributed by atoms with Crippen LogP contribution in [0, 0.1) is 11.6 Å². The van der Waals surface area contributed by atoms with Crippen LogP contribution in [0.2, 0.25) is 0 Å². The molecule has 0 saturated heterocycles. The van der Waals surface area contributed by atoms with Crippen LogP contribution < -0.4 is 5.73 Å². The maximum absolute atomic E-state index is 13.7. The van der Waals surface area contributed by atoms with Crippen molar-refractivity contribution in [1.82, 2.24) is 14.9 Å². The zero-order valence-electron chi connectivity index (χ0n) is 9.68. The minimum atomic E-state index is -0.634. The lowest BCUT2D eigenvalue weighted by molar-refractivity contribution is 0.581. The Morgan fingerprint density at radius 1 is 1.32 bits per heavy atom. The van der Waals surface area contributed by atoms with E-state index in [1.807, 2.05) is 0 Å². The van der Waals surface area contributed by atoms with E-state index in [1.54, 1.807) is 0 Å². The lowest BCUT2D eigenvalue weighted by Gasteiger charge is -2.13. The van der Waals surface area contributed by atoms with E-state index in [-0.39, 0.29) is 12.1 Å². The number of benzene rings is 1. The number of fused-ring (bicyclic) bond motifs is 1. The average molecular weight is 281 g/mol. The van der Waals surface area contributed by atoms with E-state index in [0.29, 0.717) is 22.4 Å². The first kappa shape index (κ1) is 12.2. The number of rotatable bonds is 2. The maximum atomic E-state index is 13.7. The molecule has 0 atom stereocenters. The molecule has 1 aliphatic rings. The lowest BCUT2D eigenvalue weighted by atomic mass is 10.1. The second kappa shape index (κ2) is 4.71. The van der Waals surface area contributed by atoms with Gasteiger partial charge in [0.2, 0.25) is 5.16 Å². The normalized spacial score (nSPS) is 14.2. The van der Waals surface area contributed by atoms with Crippen molar-refractivity contribution in [3.05, 3.63) is 41.2 Å². The molecule has 0 unspecified atom stereocenters. The molecule has 0 spiro atoms. The maximum Gasteiger partial charge on any atom is 0.212 e. The van der Waals surface area contributed by atoms with E-state index < -0.39 is 11.6 Å². The fourth-order valence-corrected chi connectivity index (χ4v) is 2.60. The van der Waals surface area contributed by atoms with E-state index in [1.165, 1.54) is 28.6 Å². The zero-order chi connectivity index (χ0) is 13.4. The third-order valence-corrected chi connectivity index (χ3v) is 3.59. The summed E-state index contributed by atoms with van der Waals surface area (Å²) in [7, 11) is 0. The van der Waals surface area contributed by atoms with Gasteiger partial charge >= 0.3 is 0 Å². The summed E-state index contributed by atoms with van der Waals surface area (Å²) in [6.45, 7) is 0.191. The molecule has 5 nitrogen and oxygen atoms in total. The first-order valence-electron chi connectivity index (χ1n) is 5.49. The van der Waals surface area contributed by atoms with Gasteiger partial charge in [-0.15, -0.1) is 10.2 Å². The molecule has 2 N–H and O–H groups in total. The molecule has 0 aliphatic carbocycles. The molecular formula is C11H9F2N5S. The summed E-state index contributed by atoms with van der Waals surface area (Å²) in [5, 5.41) is 12.7. The molecule has 0 amide bonds. The Morgan fingerprint density at radius 2 is 2.16 bits per heavy atom. The molecule has 19 heavy (non-hydrogen) atoms. The number of hydrogen-bond acceptors (Lipinski definition) is 5. The van der Waals surface area contributed by atoms with E-state index >= 15 is 0 Å². The predicted octanol–water partition coefficient (Wildman–Crippen LogP) is 1.37. The summed E-state index contributed by atoms with van der Waals surface area (Å²) in [5.41, 5.74) is 6.31. The standard InChI is InChI=1S/C11H9F2N5S/c12-6-1-2-7(8(13)3-6)9-5-19-11-16-15-10(4-14)18(11)17-9/h1-3H,4-5,14H2. The third-order valence-electron chi connectivity index (χ3n) is 2.66. The van der Waals surface area contributed by atoms with Crippen LogP contribution in [-0.2, 0) is 6.54 Å². The number of hydrogen-bond donors (Lipinski definition) is 1. The molecule has 0 radical (unpaired) electrons. The SMILES string of the molecule is NCc1nnc2n1N=C(c1ccc(F)cc1F)CS2. The highest BCUT2D eigenvalue weighted by atomic mass is 32.2. The van der Waals surface area contributed by atoms with E-state index in [4.69, 9.17) is 5.73 Å². The van der Waals surface area contributed by atoms with E-state index in [2.05, 4.69) is 15.3 Å². The number of aromatic nitrogens is 3. The molecule has 3 rings (SSSR count). The van der Waals surface area contributed by atoms with Crippen molar-refractivity contribution in [2.24, 2.45) is 10.8 Å². The second-order valence-electron chi connectivity index (χ2n) is 3.87. The lowest BCUT2D eigenvalue weighted by Crippen LogP contribution is -2.17. The third kappa shape index (κ3) is 2.13. The van der Waals surface area contributed by atoms with Crippen LogP contribution in [0.3, 0.4) is 0 Å². The Kier molecular flexibility index (Phi) is 3.03. The van der Waals surface area contributed by atoms with Gasteiger partial charge in [0.25, 0.3) is 0 Å². The summed E-state index contributed by atoms with van der Waals surface area (Å²) in [4.78, 5) is 0. The van der Waals surface area contributed by atoms with Gasteiger partial charge < -0.3 is 5.73 Å². The van der Waals surface area contributed by atoms with E-state index in [9.17, 15) is 8.78 Å². The minimum absolute atomic E-state index is 0.191. The number of thioether (sulfide) groups is 1. The van der Waals surface area contributed by atoms with E-state index in [0.717, 1.165) is 6.07 Å². The summed E-state index contributed by atoms with van der Waals surface area (Å²) in [6.07, 6.45) is 0. The Morgan fingerprint density at radius 3 is 2.89 bits per heavy atom. The largest absolute Gasteiger partial charge is 0.324 e. The van der Waals surface area contributed by atoms with Crippen molar-refractivity contribution in [3.8, 4) is 0 Å². The van der Waals surface area contributed by atoms with Crippen LogP contribution in [0.25, 0.3) is 0 Å². The summed E-state index contributed by atoms with van der Waals surface area (Å²) in [6, 6.07) is 3.42. The van der Waals surface area contributed by atoms with Gasteiger partial charge in [-0.05, 0) is 12.1 Å². The molecule has 8 heteroatoms. The van der Waals surface area contributed by atoms with Gasteiger partial charge in [0.1, 0.15) is 11.6 Å². The van der Waals surface area contributed by atoms with Gasteiger partial charge in [0, 0.05) is 17.4 Å². The monoisotopic (exact) mass is 281 g/mol. The molecule has 98 valence electrons. The molecular weight excluding hydrogens is 272 g/mol. The molecule has 2 aromatic rings. The fraction of sp³-hybridized carbons (Fsp3) is 0.182. The highest BCUT2D eigenvalue weighted by Gasteiger charge is 2.20. The number of nitrogens with zero attached hydrogens (tertiary/aromatic N) is 4. The first-order chi connectivity index (χ1) is 9.19. The van der Waals surface area contributed by atoms with Gasteiger partial charge in [-0.25, -0.2) is 8.78 Å². The van der Waals surface area contributed by atoms with Gasteiger partial charge in [0.05, 0.1) is 12.3 Å². The highest BCUT2D eigenvalue weighted by molar-refractivity contribution is 7.99. The minimum Gasteiger partial charge on any atom is -0.324 e. The second-order valence-corrected chi connectivity index (χ2v) is 4.82. The molecule has 0 saturated carbocycles. The highest BCUT2D eigenvalue weighted by Crippen LogP contribution is 2.24. The first-order valence-corrected chi connectivity index (χ1v) is 6.48. The molecule has 1 aromatic heterocycles. The number of halogens is 2. The van der Waals surface area contributed by atoms with Crippen molar-refractivity contribution >= 4 is 17.5 Å². The molecule has 1 aliphatic heterocycles. The average Bonchev–Trinajstić information content (AvgIpc) is 2.80. The van der Waals surface area contributed by atoms with Crippen LogP contribution in [0.4, 0.5) is 8.78 Å². The summed E-state index contributed by atoms with van der Waals surface area (Å²) in [5.74, 6) is -0.295. The van der Waals surface area contributed by atoms with Crippen molar-refractivity contribution in [1.29, 1.82) is 0 Å². The Labute approximate surface area is 111 Å². The van der Waals surface area contributed by atoms with Crippen LogP contribution in [-0.4, -0.2) is 26.3 Å². The molecule has 0 bridgehead atoms. The van der Waals surface area contributed by atoms with Crippen molar-refractivity contribution in [2.45, 2.75) is 11.7 Å². The van der Waals surface area contributed by atoms with Crippen LogP contribution in [0.1, 0.15) is 11.4 Å². The summed E-state index contributed by atoms with van der Waals surface area (Å²) >= 11 is 1.38. The van der Waals surface area contributed by atoms with Gasteiger partial charge in [0.15, 0.2) is 5.82 Å². The fourth-order valence-electron chi connectivity index (χ4n) is 1.75. The van der Waals surface area contributed by atoms with Crippen LogP contribution >= 0.6 is 11.8 Å². The Bertz CT molecular complexity index is 667. The Balaban J connectivity index is 2.07. The van der Waals surface area contributed by atoms with Crippen molar-refractivity contribution in [2.75, 3.05) is 5.75 Å². The van der Waals surface area contributed by atoms with Crippen LogP contribution in [0.15, 0.2) is 28.5 Å². The van der Waals surface area contributed by atoms with Crippen molar-refractivity contribution < 1.29 is 8.78 Å². The number of nitrogens with two attached hydrogens (primary N) is 1. The van der Waals surface area contributed by atoms with Gasteiger partial charge in [-0.1, -0.05) is 11.8 Å². The van der Waals surface area contributed by atoms with Gasteiger partial charge in [-0.3, -0.25) is 0 Å². The quantitative estimate of drug-likeness (QED) is 0.902. The van der Waals surface area contributed by atoms with Crippen molar-refractivity contribution in [3.63, 3.8) is 0 Å². The topological polar surface area (TPSA) is 69.1 Å². The molecule has 2 heterocycles. The predicted molar refractivity (Wildman–Crippen MR) is 66.9 cm³/mol. The summed E-state index contributed by atoms with van der Waals surface area (Å²) < 4.78 is 28.1. The zero-order valence-corrected chi connectivity index (χ0v) is 10.5. The van der Waals surface area contributed by atoms with Gasteiger partial charge in [-0.2, -0.15) is 9.78 Å². The van der Waals surface area contributed by atoms with Crippen LogP contribution in [0.5, 0.6) is 0 Å². The molecule has 0 fully saturated rings. The smallest absolute Gasteiger partial charge is 0.212 e. The Hall–Kier alpha value is -1.80. The molecule has 1 aromatic carbocycles.